The summed E-state index contributed by atoms with van der Waals surface area (Å²) < 4.78 is 33.7. The summed E-state index contributed by atoms with van der Waals surface area (Å²) in [7, 11) is -3.69. The second-order valence-electron chi connectivity index (χ2n) is 6.63. The van der Waals surface area contributed by atoms with Gasteiger partial charge in [0, 0.05) is 30.2 Å². The van der Waals surface area contributed by atoms with Crippen molar-refractivity contribution in [3.63, 3.8) is 0 Å². The molecule has 27 heavy (non-hydrogen) atoms. The minimum Gasteiger partial charge on any atom is -0.492 e. The first-order valence-electron chi connectivity index (χ1n) is 8.85. The van der Waals surface area contributed by atoms with Gasteiger partial charge in [-0.05, 0) is 41.1 Å². The van der Waals surface area contributed by atoms with Crippen molar-refractivity contribution in [2.45, 2.75) is 11.4 Å². The van der Waals surface area contributed by atoms with Crippen LogP contribution in [0.4, 0.5) is 0 Å². The number of nitrogens with zero attached hydrogens (tertiary/aromatic N) is 1. The van der Waals surface area contributed by atoms with Gasteiger partial charge in [0.1, 0.15) is 12.4 Å². The fraction of sp³-hybridized carbons (Fsp3) is 0.143. The number of hydrogen-bond donors (Lipinski definition) is 1. The van der Waals surface area contributed by atoms with Crippen LogP contribution in [-0.4, -0.2) is 25.5 Å². The highest BCUT2D eigenvalue weighted by Gasteiger charge is 2.22. The van der Waals surface area contributed by atoms with E-state index in [0.717, 1.165) is 34.0 Å². The van der Waals surface area contributed by atoms with E-state index in [1.807, 2.05) is 48.5 Å². The van der Waals surface area contributed by atoms with Crippen LogP contribution in [0.1, 0.15) is 5.56 Å². The van der Waals surface area contributed by atoms with Crippen molar-refractivity contribution < 1.29 is 13.2 Å². The van der Waals surface area contributed by atoms with E-state index in [-0.39, 0.29) is 4.90 Å². The highest BCUT2D eigenvalue weighted by molar-refractivity contribution is 7.90. The Morgan fingerprint density at radius 3 is 2.70 bits per heavy atom. The smallest absolute Gasteiger partial charge is 0.268 e. The lowest BCUT2D eigenvalue weighted by Crippen LogP contribution is -2.16. The SMILES string of the molecule is O=S(=O)(c1ccc2ccccc2c1)n1ccc2c3c(ccc21)OCCNC3. The molecule has 1 aromatic heterocycles. The average molecular weight is 378 g/mol. The van der Waals surface area contributed by atoms with Crippen molar-refractivity contribution in [3.05, 3.63) is 72.4 Å². The third-order valence-corrected chi connectivity index (χ3v) is 6.71. The quantitative estimate of drug-likeness (QED) is 0.580. The fourth-order valence-corrected chi connectivity index (χ4v) is 5.03. The first kappa shape index (κ1) is 16.4. The molecule has 0 amide bonds. The van der Waals surface area contributed by atoms with Crippen molar-refractivity contribution in [1.29, 1.82) is 0 Å². The summed E-state index contributed by atoms with van der Waals surface area (Å²) >= 11 is 0. The van der Waals surface area contributed by atoms with Gasteiger partial charge in [0.15, 0.2) is 0 Å². The van der Waals surface area contributed by atoms with E-state index in [1.54, 1.807) is 18.3 Å². The Bertz CT molecular complexity index is 1280. The lowest BCUT2D eigenvalue weighted by Gasteiger charge is -2.11. The normalized spacial score (nSPS) is 14.7. The lowest BCUT2D eigenvalue weighted by atomic mass is 10.1. The molecule has 5 rings (SSSR count). The highest BCUT2D eigenvalue weighted by Crippen LogP contribution is 2.32. The Kier molecular flexibility index (Phi) is 3.70. The number of rotatable bonds is 2. The number of ether oxygens (including phenoxy) is 1. The van der Waals surface area contributed by atoms with Crippen LogP contribution in [0, 0.1) is 0 Å². The van der Waals surface area contributed by atoms with Gasteiger partial charge < -0.3 is 10.1 Å². The molecule has 2 heterocycles. The second kappa shape index (κ2) is 6.11. The van der Waals surface area contributed by atoms with E-state index in [4.69, 9.17) is 4.74 Å². The van der Waals surface area contributed by atoms with E-state index >= 15 is 0 Å². The number of hydrogen-bond acceptors (Lipinski definition) is 4. The lowest BCUT2D eigenvalue weighted by molar-refractivity contribution is 0.326. The molecular formula is C21H18N2O3S. The summed E-state index contributed by atoms with van der Waals surface area (Å²) in [4.78, 5) is 0.281. The molecule has 0 saturated carbocycles. The molecule has 136 valence electrons. The topological polar surface area (TPSA) is 60.3 Å². The van der Waals surface area contributed by atoms with E-state index in [1.165, 1.54) is 3.97 Å². The summed E-state index contributed by atoms with van der Waals surface area (Å²) in [6.07, 6.45) is 1.63. The number of aromatic nitrogens is 1. The molecule has 0 unspecified atom stereocenters. The van der Waals surface area contributed by atoms with E-state index in [9.17, 15) is 8.42 Å². The molecular weight excluding hydrogens is 360 g/mol. The zero-order valence-corrected chi connectivity index (χ0v) is 15.4. The molecule has 6 heteroatoms. The van der Waals surface area contributed by atoms with Gasteiger partial charge in [-0.25, -0.2) is 12.4 Å². The van der Waals surface area contributed by atoms with Crippen molar-refractivity contribution >= 4 is 31.7 Å². The molecule has 0 spiro atoms. The predicted molar refractivity (Wildman–Crippen MR) is 106 cm³/mol. The molecule has 3 aromatic carbocycles. The van der Waals surface area contributed by atoms with Crippen LogP contribution in [0.15, 0.2) is 71.8 Å². The zero-order valence-electron chi connectivity index (χ0n) is 14.6. The minimum atomic E-state index is -3.69. The van der Waals surface area contributed by atoms with E-state index < -0.39 is 10.0 Å². The van der Waals surface area contributed by atoms with Crippen LogP contribution in [0.2, 0.25) is 0 Å². The average Bonchev–Trinajstić information content (AvgIpc) is 2.99. The number of benzene rings is 3. The molecule has 0 saturated heterocycles. The summed E-state index contributed by atoms with van der Waals surface area (Å²) in [5, 5.41) is 6.13. The third-order valence-electron chi connectivity index (χ3n) is 5.02. The van der Waals surface area contributed by atoms with Gasteiger partial charge in [-0.3, -0.25) is 0 Å². The Labute approximate surface area is 157 Å². The molecule has 0 bridgehead atoms. The van der Waals surface area contributed by atoms with Crippen molar-refractivity contribution in [2.24, 2.45) is 0 Å². The molecule has 5 nitrogen and oxygen atoms in total. The van der Waals surface area contributed by atoms with Crippen molar-refractivity contribution in [2.75, 3.05) is 13.2 Å². The Morgan fingerprint density at radius 1 is 0.963 bits per heavy atom. The molecule has 4 aromatic rings. The van der Waals surface area contributed by atoms with Crippen LogP contribution < -0.4 is 10.1 Å². The van der Waals surface area contributed by atoms with Crippen LogP contribution >= 0.6 is 0 Å². The van der Waals surface area contributed by atoms with Gasteiger partial charge in [-0.2, -0.15) is 0 Å². The zero-order chi connectivity index (χ0) is 18.4. The Morgan fingerprint density at radius 2 is 1.81 bits per heavy atom. The number of nitrogens with one attached hydrogen (secondary N) is 1. The van der Waals surface area contributed by atoms with Crippen molar-refractivity contribution in [1.82, 2.24) is 9.29 Å². The molecule has 1 N–H and O–H groups in total. The molecule has 0 atom stereocenters. The molecule has 0 radical (unpaired) electrons. The van der Waals surface area contributed by atoms with E-state index in [2.05, 4.69) is 5.32 Å². The number of fused-ring (bicyclic) bond motifs is 4. The van der Waals surface area contributed by atoms with E-state index in [0.29, 0.717) is 18.7 Å². The van der Waals surface area contributed by atoms with Gasteiger partial charge in [-0.15, -0.1) is 0 Å². The summed E-state index contributed by atoms with van der Waals surface area (Å²) in [6, 6.07) is 18.5. The predicted octanol–water partition coefficient (Wildman–Crippen LogP) is 3.51. The molecule has 0 aliphatic carbocycles. The molecule has 1 aliphatic heterocycles. The maximum absolute atomic E-state index is 13.3. The van der Waals surface area contributed by atoms with Crippen molar-refractivity contribution in [3.8, 4) is 5.75 Å². The summed E-state index contributed by atoms with van der Waals surface area (Å²) in [5.41, 5.74) is 1.66. The minimum absolute atomic E-state index is 0.281. The maximum atomic E-state index is 13.3. The fourth-order valence-electron chi connectivity index (χ4n) is 3.65. The van der Waals surface area contributed by atoms with Gasteiger partial charge in [0.2, 0.25) is 0 Å². The standard InChI is InChI=1S/C21H18N2O3S/c24-27(25,17-6-5-15-3-1-2-4-16(15)13-17)23-11-9-18-19-14-22-10-12-26-21(19)8-7-20(18)23/h1-9,11,13,22H,10,12,14H2. The summed E-state index contributed by atoms with van der Waals surface area (Å²) in [6.45, 7) is 2.04. The van der Waals surface area contributed by atoms with Crippen LogP contribution in [0.5, 0.6) is 5.75 Å². The molecule has 0 fully saturated rings. The summed E-state index contributed by atoms with van der Waals surface area (Å²) in [5.74, 6) is 0.813. The van der Waals surface area contributed by atoms with Gasteiger partial charge in [0.05, 0.1) is 10.4 Å². The monoisotopic (exact) mass is 378 g/mol. The maximum Gasteiger partial charge on any atom is 0.268 e. The second-order valence-corrected chi connectivity index (χ2v) is 8.44. The molecule has 1 aliphatic rings. The largest absolute Gasteiger partial charge is 0.492 e. The first-order chi connectivity index (χ1) is 13.1. The first-order valence-corrected chi connectivity index (χ1v) is 10.3. The van der Waals surface area contributed by atoms with Crippen LogP contribution in [-0.2, 0) is 16.6 Å². The van der Waals surface area contributed by atoms with Crippen LogP contribution in [0.25, 0.3) is 21.7 Å². The van der Waals surface area contributed by atoms with Gasteiger partial charge in [-0.1, -0.05) is 30.3 Å². The van der Waals surface area contributed by atoms with Crippen LogP contribution in [0.3, 0.4) is 0 Å². The third kappa shape index (κ3) is 2.60. The van der Waals surface area contributed by atoms with Gasteiger partial charge >= 0.3 is 0 Å². The van der Waals surface area contributed by atoms with Gasteiger partial charge in [0.25, 0.3) is 10.0 Å². The Hall–Kier alpha value is -2.83. The Balaban J connectivity index is 1.68. The highest BCUT2D eigenvalue weighted by atomic mass is 32.2.